The molecule has 1 aliphatic heterocycles. The number of carboxylic acid groups (broad SMARTS) is 1. The first-order valence-electron chi connectivity index (χ1n) is 13.7. The number of pyridine rings is 2. The lowest BCUT2D eigenvalue weighted by molar-refractivity contribution is -0.160. The van der Waals surface area contributed by atoms with Crippen molar-refractivity contribution in [1.29, 1.82) is 0 Å². The van der Waals surface area contributed by atoms with Gasteiger partial charge in [-0.3, -0.25) is 4.98 Å². The van der Waals surface area contributed by atoms with Crippen LogP contribution in [0.5, 0.6) is 5.88 Å². The van der Waals surface area contributed by atoms with Crippen LogP contribution in [0.1, 0.15) is 78.7 Å². The van der Waals surface area contributed by atoms with E-state index in [2.05, 4.69) is 28.7 Å². The number of alkyl halides is 1. The van der Waals surface area contributed by atoms with Crippen LogP contribution in [-0.2, 0) is 14.3 Å². The summed E-state index contributed by atoms with van der Waals surface area (Å²) >= 11 is 6.04. The fraction of sp³-hybridized carbons (Fsp3) is 0.633. The van der Waals surface area contributed by atoms with Gasteiger partial charge in [0, 0.05) is 53.9 Å². The number of carbonyl (C=O) groups is 1. The number of nitrogens with zero attached hydrogens (tertiary/aromatic N) is 3. The molecular formula is C30H44ClN3O5. The van der Waals surface area contributed by atoms with Gasteiger partial charge in [-0.05, 0) is 65.9 Å². The van der Waals surface area contributed by atoms with Crippen molar-refractivity contribution in [3.63, 3.8) is 0 Å². The van der Waals surface area contributed by atoms with Gasteiger partial charge in [0.05, 0.1) is 29.4 Å². The van der Waals surface area contributed by atoms with E-state index < -0.39 is 17.7 Å². The maximum atomic E-state index is 12.5. The van der Waals surface area contributed by atoms with Crippen molar-refractivity contribution in [3.05, 3.63) is 35.8 Å². The van der Waals surface area contributed by atoms with Gasteiger partial charge in [-0.1, -0.05) is 13.8 Å². The number of halogens is 1. The van der Waals surface area contributed by atoms with Gasteiger partial charge in [-0.25, -0.2) is 9.78 Å². The third-order valence-corrected chi connectivity index (χ3v) is 7.44. The topological polar surface area (TPSA) is 94.0 Å². The van der Waals surface area contributed by atoms with E-state index in [1.165, 1.54) is 0 Å². The minimum Gasteiger partial charge on any atom is -0.479 e. The van der Waals surface area contributed by atoms with Crippen LogP contribution in [0, 0.1) is 12.3 Å². The molecule has 1 aliphatic rings. The Balaban J connectivity index is 1.97. The van der Waals surface area contributed by atoms with Crippen molar-refractivity contribution in [2.24, 2.45) is 5.41 Å². The zero-order valence-corrected chi connectivity index (χ0v) is 25.3. The molecule has 0 bridgehead atoms. The highest BCUT2D eigenvalue weighted by Gasteiger charge is 2.35. The van der Waals surface area contributed by atoms with E-state index in [1.807, 2.05) is 59.9 Å². The average Bonchev–Trinajstić information content (AvgIpc) is 2.85. The second-order valence-electron chi connectivity index (χ2n) is 12.1. The van der Waals surface area contributed by atoms with Gasteiger partial charge in [0.15, 0.2) is 6.10 Å². The third-order valence-electron chi connectivity index (χ3n) is 7.09. The summed E-state index contributed by atoms with van der Waals surface area (Å²) in [5, 5.41) is 10.2. The second-order valence-corrected chi connectivity index (χ2v) is 12.8. The summed E-state index contributed by atoms with van der Waals surface area (Å²) in [7, 11) is 0. The quantitative estimate of drug-likeness (QED) is 0.248. The number of hydrogen-bond acceptors (Lipinski definition) is 7. The Morgan fingerprint density at radius 3 is 2.33 bits per heavy atom. The smallest absolute Gasteiger partial charge is 0.337 e. The van der Waals surface area contributed by atoms with Gasteiger partial charge >= 0.3 is 5.97 Å². The summed E-state index contributed by atoms with van der Waals surface area (Å²) in [5.74, 6) is -0.553. The number of aliphatic carboxylic acids is 1. The SMILES string of the molecule is Cc1ncc(-c2ccc(OCCO[C@@H](C)C(C)Cl)nc2)c(N2CCC(C)(C)CC2)c1[C@H](OC(C)(C)C)C(=O)O. The molecule has 0 aliphatic carbocycles. The van der Waals surface area contributed by atoms with E-state index in [1.54, 1.807) is 6.20 Å². The first kappa shape index (κ1) is 31.1. The lowest BCUT2D eigenvalue weighted by atomic mass is 9.82. The maximum absolute atomic E-state index is 12.5. The van der Waals surface area contributed by atoms with Crippen LogP contribution < -0.4 is 9.64 Å². The second kappa shape index (κ2) is 12.8. The van der Waals surface area contributed by atoms with E-state index >= 15 is 0 Å². The predicted octanol–water partition coefficient (Wildman–Crippen LogP) is 6.43. The van der Waals surface area contributed by atoms with Crippen molar-refractivity contribution in [3.8, 4) is 17.0 Å². The summed E-state index contributed by atoms with van der Waals surface area (Å²) < 4.78 is 17.5. The molecule has 9 heteroatoms. The van der Waals surface area contributed by atoms with Crippen molar-refractivity contribution in [1.82, 2.24) is 9.97 Å². The molecule has 3 rings (SSSR count). The average molecular weight is 562 g/mol. The fourth-order valence-corrected chi connectivity index (χ4v) is 4.61. The Morgan fingerprint density at radius 1 is 1.13 bits per heavy atom. The number of carboxylic acids is 1. The number of anilines is 1. The van der Waals surface area contributed by atoms with Crippen molar-refractivity contribution >= 4 is 23.3 Å². The molecule has 216 valence electrons. The van der Waals surface area contributed by atoms with Crippen LogP contribution in [0.25, 0.3) is 11.1 Å². The predicted molar refractivity (Wildman–Crippen MR) is 155 cm³/mol. The molecule has 0 saturated carbocycles. The number of piperidine rings is 1. The molecule has 3 heterocycles. The van der Waals surface area contributed by atoms with E-state index in [9.17, 15) is 9.90 Å². The molecular weight excluding hydrogens is 518 g/mol. The molecule has 0 spiro atoms. The molecule has 0 radical (unpaired) electrons. The molecule has 2 aromatic rings. The molecule has 1 fully saturated rings. The van der Waals surface area contributed by atoms with Crippen molar-refractivity contribution in [2.75, 3.05) is 31.2 Å². The number of ether oxygens (including phenoxy) is 3. The Kier molecular flexibility index (Phi) is 10.2. The van der Waals surface area contributed by atoms with Gasteiger partial charge in [0.2, 0.25) is 5.88 Å². The lowest BCUT2D eigenvalue weighted by Gasteiger charge is -2.40. The standard InChI is InChI=1S/C30H44ClN3O5/c1-19(31)21(3)37-15-16-38-24-10-9-22(17-33-24)23-18-32-20(2)25(27(28(35)36)39-29(4,5)6)26(23)34-13-11-30(7,8)12-14-34/h9-10,17-19,21,27H,11-16H2,1-8H3,(H,35,36)/t19?,21-,27-/m0/s1. The Bertz CT molecular complexity index is 1100. The van der Waals surface area contributed by atoms with Crippen LogP contribution in [0.15, 0.2) is 24.5 Å². The van der Waals surface area contributed by atoms with E-state index in [0.717, 1.165) is 42.7 Å². The fourth-order valence-electron chi connectivity index (χ4n) is 4.53. The minimum atomic E-state index is -1.16. The number of aryl methyl sites for hydroxylation is 1. The Labute approximate surface area is 238 Å². The number of rotatable bonds is 11. The van der Waals surface area contributed by atoms with E-state index in [4.69, 9.17) is 25.8 Å². The van der Waals surface area contributed by atoms with Crippen LogP contribution in [0.2, 0.25) is 0 Å². The number of aromatic nitrogens is 2. The van der Waals surface area contributed by atoms with Crippen LogP contribution in [-0.4, -0.2) is 64.4 Å². The van der Waals surface area contributed by atoms with Gasteiger partial charge in [0.25, 0.3) is 0 Å². The summed E-state index contributed by atoms with van der Waals surface area (Å²) in [6.45, 7) is 18.2. The van der Waals surface area contributed by atoms with Crippen LogP contribution in [0.4, 0.5) is 5.69 Å². The molecule has 0 aromatic carbocycles. The zero-order chi connectivity index (χ0) is 29.0. The Hall–Kier alpha value is -2.42. The molecule has 2 aromatic heterocycles. The first-order chi connectivity index (χ1) is 18.2. The Morgan fingerprint density at radius 2 is 1.79 bits per heavy atom. The monoisotopic (exact) mass is 561 g/mol. The highest BCUT2D eigenvalue weighted by atomic mass is 35.5. The van der Waals surface area contributed by atoms with Crippen LogP contribution >= 0.6 is 11.6 Å². The highest BCUT2D eigenvalue weighted by molar-refractivity contribution is 6.20. The molecule has 8 nitrogen and oxygen atoms in total. The third kappa shape index (κ3) is 8.53. The van der Waals surface area contributed by atoms with Crippen molar-refractivity contribution in [2.45, 2.75) is 91.4 Å². The molecule has 3 atom stereocenters. The molecule has 1 saturated heterocycles. The summed E-state index contributed by atoms with van der Waals surface area (Å²) in [4.78, 5) is 24.0. The van der Waals surface area contributed by atoms with E-state index in [-0.39, 0.29) is 16.9 Å². The van der Waals surface area contributed by atoms with Gasteiger partial charge < -0.3 is 24.2 Å². The van der Waals surface area contributed by atoms with Gasteiger partial charge in [-0.15, -0.1) is 11.6 Å². The van der Waals surface area contributed by atoms with E-state index in [0.29, 0.717) is 30.4 Å². The molecule has 0 amide bonds. The summed E-state index contributed by atoms with van der Waals surface area (Å²) in [6.07, 6.45) is 4.33. The van der Waals surface area contributed by atoms with Gasteiger partial charge in [-0.2, -0.15) is 0 Å². The number of hydrogen-bond donors (Lipinski definition) is 1. The molecule has 1 N–H and O–H groups in total. The lowest BCUT2D eigenvalue weighted by Crippen LogP contribution is -2.39. The highest BCUT2D eigenvalue weighted by Crippen LogP contribution is 2.43. The summed E-state index contributed by atoms with van der Waals surface area (Å²) in [5.41, 5.74) is 3.32. The molecule has 1 unspecified atom stereocenters. The zero-order valence-electron chi connectivity index (χ0n) is 24.6. The normalized spacial score (nSPS) is 17.9. The first-order valence-corrected chi connectivity index (χ1v) is 14.1. The molecule has 39 heavy (non-hydrogen) atoms. The minimum absolute atomic E-state index is 0.0653. The summed E-state index contributed by atoms with van der Waals surface area (Å²) in [6, 6.07) is 3.74. The van der Waals surface area contributed by atoms with Gasteiger partial charge in [0.1, 0.15) is 6.61 Å². The maximum Gasteiger partial charge on any atom is 0.337 e. The van der Waals surface area contributed by atoms with Crippen LogP contribution in [0.3, 0.4) is 0 Å². The largest absolute Gasteiger partial charge is 0.479 e. The van der Waals surface area contributed by atoms with Crippen molar-refractivity contribution < 1.29 is 24.1 Å².